The maximum Gasteiger partial charge on any atom is 0.192 e. The third-order valence-corrected chi connectivity index (χ3v) is 4.25. The van der Waals surface area contributed by atoms with Crippen LogP contribution in [-0.2, 0) is 0 Å². The highest BCUT2D eigenvalue weighted by molar-refractivity contribution is 7.15. The van der Waals surface area contributed by atoms with Crippen molar-refractivity contribution in [2.75, 3.05) is 13.1 Å². The number of hydrogen-bond acceptors (Lipinski definition) is 5. The zero-order chi connectivity index (χ0) is 11.1. The van der Waals surface area contributed by atoms with Gasteiger partial charge in [0.25, 0.3) is 0 Å². The van der Waals surface area contributed by atoms with Gasteiger partial charge in [-0.05, 0) is 18.8 Å². The lowest BCUT2D eigenvalue weighted by Crippen LogP contribution is -2.37. The Morgan fingerprint density at radius 2 is 2.38 bits per heavy atom. The molecule has 2 heterocycles. The third-order valence-electron chi connectivity index (χ3n) is 3.03. The van der Waals surface area contributed by atoms with Gasteiger partial charge >= 0.3 is 0 Å². The maximum atomic E-state index is 5.91. The van der Waals surface area contributed by atoms with Crippen molar-refractivity contribution in [1.82, 2.24) is 9.88 Å². The summed E-state index contributed by atoms with van der Waals surface area (Å²) >= 11 is 7.43. The summed E-state index contributed by atoms with van der Waals surface area (Å²) < 4.78 is 0.729. The van der Waals surface area contributed by atoms with Crippen LogP contribution in [-0.4, -0.2) is 28.9 Å². The van der Waals surface area contributed by atoms with E-state index in [-0.39, 0.29) is 6.04 Å². The quantitative estimate of drug-likeness (QED) is 0.898. The van der Waals surface area contributed by atoms with Gasteiger partial charge in [-0.1, -0.05) is 11.6 Å². The molecule has 0 aromatic carbocycles. The molecule has 0 amide bonds. The summed E-state index contributed by atoms with van der Waals surface area (Å²) in [7, 11) is 0. The van der Waals surface area contributed by atoms with Gasteiger partial charge in [0.15, 0.2) is 5.96 Å². The topological polar surface area (TPSA) is 54.5 Å². The average Bonchev–Trinajstić information content (AvgIpc) is 2.87. The van der Waals surface area contributed by atoms with Crippen LogP contribution >= 0.6 is 22.9 Å². The summed E-state index contributed by atoms with van der Waals surface area (Å²) in [5.74, 6) is 1.45. The van der Waals surface area contributed by atoms with Gasteiger partial charge in [-0.2, -0.15) is 0 Å². The Bertz CT molecular complexity index is 426. The van der Waals surface area contributed by atoms with Crippen molar-refractivity contribution in [2.24, 2.45) is 16.6 Å². The Morgan fingerprint density at radius 1 is 1.56 bits per heavy atom. The summed E-state index contributed by atoms with van der Waals surface area (Å²) in [6.07, 6.45) is 4.33. The molecule has 16 heavy (non-hydrogen) atoms. The van der Waals surface area contributed by atoms with Crippen LogP contribution in [0, 0.1) is 5.92 Å². The lowest BCUT2D eigenvalue weighted by atomic mass is 10.2. The fraction of sp³-hybridized carbons (Fsp3) is 0.600. The van der Waals surface area contributed by atoms with Crippen LogP contribution in [0.25, 0.3) is 0 Å². The minimum Gasteiger partial charge on any atom is -0.370 e. The third kappa shape index (κ3) is 1.89. The van der Waals surface area contributed by atoms with Crippen molar-refractivity contribution in [1.29, 1.82) is 0 Å². The van der Waals surface area contributed by atoms with E-state index < -0.39 is 0 Å². The second kappa shape index (κ2) is 3.89. The lowest BCUT2D eigenvalue weighted by Gasteiger charge is -2.24. The summed E-state index contributed by atoms with van der Waals surface area (Å²) in [5, 5.41) is 1.02. The molecule has 0 radical (unpaired) electrons. The Kier molecular flexibility index (Phi) is 2.52. The molecule has 0 spiro atoms. The first kappa shape index (κ1) is 10.4. The molecule has 1 atom stereocenters. The number of aromatic nitrogens is 1. The van der Waals surface area contributed by atoms with E-state index in [0.29, 0.717) is 12.5 Å². The van der Waals surface area contributed by atoms with E-state index in [0.717, 1.165) is 21.8 Å². The van der Waals surface area contributed by atoms with Crippen molar-refractivity contribution in [3.05, 3.63) is 15.5 Å². The molecule has 1 aromatic rings. The second-order valence-electron chi connectivity index (χ2n) is 4.31. The first-order valence-electron chi connectivity index (χ1n) is 5.42. The molecule has 1 fully saturated rings. The van der Waals surface area contributed by atoms with Gasteiger partial charge in [0, 0.05) is 6.54 Å². The summed E-state index contributed by atoms with van der Waals surface area (Å²) in [6.45, 7) is 1.72. The first-order valence-corrected chi connectivity index (χ1v) is 6.61. The first-order chi connectivity index (χ1) is 7.74. The van der Waals surface area contributed by atoms with Crippen LogP contribution in [0.3, 0.4) is 0 Å². The van der Waals surface area contributed by atoms with E-state index in [1.54, 1.807) is 6.20 Å². The van der Waals surface area contributed by atoms with Gasteiger partial charge in [-0.3, -0.25) is 4.99 Å². The molecular formula is C10H13ClN4S. The molecule has 1 aliphatic heterocycles. The molecule has 2 aliphatic rings. The fourth-order valence-corrected chi connectivity index (χ4v) is 3.00. The SMILES string of the molecule is NC1=NCC(c2ncc(Cl)s2)N1CC1CC1. The zero-order valence-corrected chi connectivity index (χ0v) is 10.3. The van der Waals surface area contributed by atoms with Crippen molar-refractivity contribution < 1.29 is 0 Å². The highest BCUT2D eigenvalue weighted by Crippen LogP contribution is 2.36. The number of hydrogen-bond donors (Lipinski definition) is 1. The van der Waals surface area contributed by atoms with E-state index >= 15 is 0 Å². The maximum absolute atomic E-state index is 5.91. The smallest absolute Gasteiger partial charge is 0.192 e. The molecule has 1 unspecified atom stereocenters. The van der Waals surface area contributed by atoms with E-state index in [2.05, 4.69) is 14.9 Å². The molecule has 3 rings (SSSR count). The van der Waals surface area contributed by atoms with Crippen LogP contribution in [0.4, 0.5) is 0 Å². The summed E-state index contributed by atoms with van der Waals surface area (Å²) in [6, 6.07) is 0.207. The number of nitrogens with two attached hydrogens (primary N) is 1. The molecule has 1 saturated carbocycles. The van der Waals surface area contributed by atoms with E-state index in [4.69, 9.17) is 17.3 Å². The van der Waals surface area contributed by atoms with Crippen LogP contribution < -0.4 is 5.73 Å². The van der Waals surface area contributed by atoms with Crippen molar-refractivity contribution in [2.45, 2.75) is 18.9 Å². The molecule has 86 valence electrons. The Balaban J connectivity index is 1.79. The molecular weight excluding hydrogens is 244 g/mol. The van der Waals surface area contributed by atoms with Crippen molar-refractivity contribution in [3.8, 4) is 0 Å². The predicted octanol–water partition coefficient (Wildman–Crippen LogP) is 1.88. The molecule has 6 heteroatoms. The van der Waals surface area contributed by atoms with E-state index in [9.17, 15) is 0 Å². The normalized spacial score (nSPS) is 24.9. The van der Waals surface area contributed by atoms with Gasteiger partial charge in [0.1, 0.15) is 15.4 Å². The number of aliphatic imine (C=N–C) groups is 1. The van der Waals surface area contributed by atoms with Crippen LogP contribution in [0.1, 0.15) is 23.9 Å². The molecule has 1 aromatic heterocycles. The minimum atomic E-state index is 0.207. The van der Waals surface area contributed by atoms with E-state index in [1.807, 2.05) is 0 Å². The number of thiazole rings is 1. The van der Waals surface area contributed by atoms with Gasteiger partial charge in [-0.15, -0.1) is 11.3 Å². The Labute approximate surface area is 103 Å². The van der Waals surface area contributed by atoms with Gasteiger partial charge in [0.2, 0.25) is 0 Å². The number of guanidine groups is 1. The monoisotopic (exact) mass is 256 g/mol. The summed E-state index contributed by atoms with van der Waals surface area (Å²) in [5.41, 5.74) is 5.91. The van der Waals surface area contributed by atoms with Gasteiger partial charge in [-0.25, -0.2) is 4.98 Å². The Morgan fingerprint density at radius 3 is 3.00 bits per heavy atom. The standard InChI is InChI=1S/C10H13ClN4S/c11-8-4-13-9(16-8)7-3-14-10(12)15(7)5-6-1-2-6/h4,6-7H,1-3,5H2,(H2,12,14). The van der Waals surface area contributed by atoms with Gasteiger partial charge in [0.05, 0.1) is 12.7 Å². The van der Waals surface area contributed by atoms with Crippen molar-refractivity contribution in [3.63, 3.8) is 0 Å². The van der Waals surface area contributed by atoms with E-state index in [1.165, 1.54) is 24.2 Å². The molecule has 0 bridgehead atoms. The highest BCUT2D eigenvalue weighted by Gasteiger charge is 2.34. The number of nitrogens with zero attached hydrogens (tertiary/aromatic N) is 3. The second-order valence-corrected chi connectivity index (χ2v) is 6.01. The molecule has 1 aliphatic carbocycles. The number of rotatable bonds is 3. The number of halogens is 1. The van der Waals surface area contributed by atoms with Gasteiger partial charge < -0.3 is 10.6 Å². The lowest BCUT2D eigenvalue weighted by molar-refractivity contribution is 0.333. The molecule has 0 saturated heterocycles. The largest absolute Gasteiger partial charge is 0.370 e. The summed E-state index contributed by atoms with van der Waals surface area (Å²) in [4.78, 5) is 10.8. The zero-order valence-electron chi connectivity index (χ0n) is 8.77. The van der Waals surface area contributed by atoms with Crippen LogP contribution in [0.5, 0.6) is 0 Å². The Hall–Kier alpha value is -0.810. The van der Waals surface area contributed by atoms with Crippen LogP contribution in [0.15, 0.2) is 11.2 Å². The van der Waals surface area contributed by atoms with Crippen LogP contribution in [0.2, 0.25) is 4.34 Å². The average molecular weight is 257 g/mol. The molecule has 4 nitrogen and oxygen atoms in total. The minimum absolute atomic E-state index is 0.207. The van der Waals surface area contributed by atoms with Crippen molar-refractivity contribution >= 4 is 28.9 Å². The fourth-order valence-electron chi connectivity index (χ4n) is 1.96. The molecule has 2 N–H and O–H groups in total. The highest BCUT2D eigenvalue weighted by atomic mass is 35.5. The predicted molar refractivity (Wildman–Crippen MR) is 65.8 cm³/mol.